The van der Waals surface area contributed by atoms with E-state index in [2.05, 4.69) is 93.6 Å². The molecule has 0 N–H and O–H groups in total. The third-order valence-corrected chi connectivity index (χ3v) is 5.66. The van der Waals surface area contributed by atoms with E-state index >= 15 is 0 Å². The summed E-state index contributed by atoms with van der Waals surface area (Å²) in [4.78, 5) is 0. The third-order valence-electron chi connectivity index (χ3n) is 5.66. The van der Waals surface area contributed by atoms with Crippen LogP contribution in [0, 0.1) is 0 Å². The van der Waals surface area contributed by atoms with Crippen LogP contribution in [0.3, 0.4) is 0 Å². The van der Waals surface area contributed by atoms with Gasteiger partial charge in [-0.25, -0.2) is 0 Å². The lowest BCUT2D eigenvalue weighted by atomic mass is 9.79. The molecule has 0 spiro atoms. The summed E-state index contributed by atoms with van der Waals surface area (Å²) in [6.45, 7) is 6.77. The zero-order chi connectivity index (χ0) is 19.7. The highest BCUT2D eigenvalue weighted by Gasteiger charge is 2.31. The van der Waals surface area contributed by atoms with Gasteiger partial charge in [0.05, 0.1) is 7.11 Å². The van der Waals surface area contributed by atoms with E-state index in [0.717, 1.165) is 17.9 Å². The summed E-state index contributed by atoms with van der Waals surface area (Å²) in [7, 11) is 1.71. The molecule has 3 aromatic rings. The molecule has 1 aliphatic rings. The Morgan fingerprint density at radius 3 is 2.21 bits per heavy atom. The van der Waals surface area contributed by atoms with Gasteiger partial charge in [0.2, 0.25) is 0 Å². The first-order chi connectivity index (χ1) is 13.5. The first-order valence-electron chi connectivity index (χ1n) is 9.95. The molecule has 0 aliphatic carbocycles. The highest BCUT2D eigenvalue weighted by molar-refractivity contribution is 5.48. The summed E-state index contributed by atoms with van der Waals surface area (Å²) in [5.41, 5.74) is 5.26. The molecule has 144 valence electrons. The Labute approximate surface area is 168 Å². The monoisotopic (exact) mass is 372 g/mol. The molecule has 1 aliphatic heterocycles. The Morgan fingerprint density at radius 1 is 0.857 bits per heavy atom. The number of rotatable bonds is 3. The number of hydrogen-bond donors (Lipinski definition) is 0. The maximum Gasteiger partial charge on any atom is 0.125 e. The molecule has 2 heteroatoms. The number of ether oxygens (including phenoxy) is 2. The fraction of sp³-hybridized carbons (Fsp3) is 0.308. The highest BCUT2D eigenvalue weighted by atomic mass is 16.5. The fourth-order valence-corrected chi connectivity index (χ4v) is 3.96. The van der Waals surface area contributed by atoms with Crippen molar-refractivity contribution in [2.24, 2.45) is 0 Å². The van der Waals surface area contributed by atoms with Gasteiger partial charge in [-0.15, -0.1) is 0 Å². The molecule has 0 saturated carbocycles. The van der Waals surface area contributed by atoms with E-state index in [4.69, 9.17) is 9.47 Å². The van der Waals surface area contributed by atoms with Crippen molar-refractivity contribution in [2.45, 2.75) is 44.6 Å². The van der Waals surface area contributed by atoms with E-state index in [9.17, 15) is 0 Å². The molecule has 1 heterocycles. The van der Waals surface area contributed by atoms with Crippen molar-refractivity contribution in [1.29, 1.82) is 0 Å². The van der Waals surface area contributed by atoms with Crippen LogP contribution in [0.15, 0.2) is 72.8 Å². The minimum atomic E-state index is 0.0567. The Hall–Kier alpha value is -2.74. The lowest BCUT2D eigenvalue weighted by Crippen LogP contribution is -2.21. The van der Waals surface area contributed by atoms with Crippen molar-refractivity contribution < 1.29 is 9.47 Å². The van der Waals surface area contributed by atoms with Gasteiger partial charge >= 0.3 is 0 Å². The summed E-state index contributed by atoms with van der Waals surface area (Å²) >= 11 is 0. The largest absolute Gasteiger partial charge is 0.497 e. The summed E-state index contributed by atoms with van der Waals surface area (Å²) in [6, 6.07) is 25.7. The summed E-state index contributed by atoms with van der Waals surface area (Å²) in [5.74, 6) is 2.18. The molecule has 2 atom stereocenters. The van der Waals surface area contributed by atoms with Crippen LogP contribution in [0.25, 0.3) is 0 Å². The maximum absolute atomic E-state index is 6.46. The summed E-state index contributed by atoms with van der Waals surface area (Å²) < 4.78 is 11.8. The molecule has 0 aromatic heterocycles. The second-order valence-corrected chi connectivity index (χ2v) is 8.58. The molecule has 0 fully saturated rings. The predicted molar refractivity (Wildman–Crippen MR) is 114 cm³/mol. The highest BCUT2D eigenvalue weighted by Crippen LogP contribution is 2.46. The Bertz CT molecular complexity index is 936. The molecular formula is C26H28O2. The fourth-order valence-electron chi connectivity index (χ4n) is 3.96. The lowest BCUT2D eigenvalue weighted by molar-refractivity contribution is 0.167. The van der Waals surface area contributed by atoms with Gasteiger partial charge in [0, 0.05) is 11.5 Å². The van der Waals surface area contributed by atoms with Crippen LogP contribution < -0.4 is 9.47 Å². The van der Waals surface area contributed by atoms with Gasteiger partial charge in [0.1, 0.15) is 17.6 Å². The van der Waals surface area contributed by atoms with Crippen molar-refractivity contribution in [3.05, 3.63) is 95.1 Å². The van der Waals surface area contributed by atoms with Crippen LogP contribution in [0.5, 0.6) is 11.5 Å². The van der Waals surface area contributed by atoms with Crippen molar-refractivity contribution in [3.8, 4) is 11.5 Å². The molecule has 2 nitrogen and oxygen atoms in total. The van der Waals surface area contributed by atoms with Crippen LogP contribution in [-0.2, 0) is 5.41 Å². The van der Waals surface area contributed by atoms with Gasteiger partial charge in [-0.3, -0.25) is 0 Å². The minimum Gasteiger partial charge on any atom is -0.497 e. The number of benzene rings is 3. The molecule has 0 radical (unpaired) electrons. The summed E-state index contributed by atoms with van der Waals surface area (Å²) in [6.07, 6.45) is 0.984. The third kappa shape index (κ3) is 3.64. The van der Waals surface area contributed by atoms with Gasteiger partial charge < -0.3 is 9.47 Å². The second kappa shape index (κ2) is 7.35. The molecule has 0 amide bonds. The van der Waals surface area contributed by atoms with E-state index in [-0.39, 0.29) is 11.5 Å². The molecular weight excluding hydrogens is 344 g/mol. The normalized spacial score (nSPS) is 18.9. The molecule has 0 saturated heterocycles. The van der Waals surface area contributed by atoms with E-state index in [1.54, 1.807) is 7.11 Å². The average Bonchev–Trinajstić information content (AvgIpc) is 2.72. The van der Waals surface area contributed by atoms with Crippen LogP contribution in [-0.4, -0.2) is 7.11 Å². The van der Waals surface area contributed by atoms with Crippen molar-refractivity contribution in [2.75, 3.05) is 7.11 Å². The number of hydrogen-bond acceptors (Lipinski definition) is 2. The average molecular weight is 373 g/mol. The first-order valence-corrected chi connectivity index (χ1v) is 9.95. The molecule has 4 rings (SSSR count). The van der Waals surface area contributed by atoms with Crippen molar-refractivity contribution >= 4 is 0 Å². The first kappa shape index (κ1) is 18.6. The number of methoxy groups -OCH3 is 1. The molecule has 28 heavy (non-hydrogen) atoms. The van der Waals surface area contributed by atoms with E-state index in [0.29, 0.717) is 5.92 Å². The standard InChI is InChI=1S/C26H28O2/c1-26(2,3)20-12-15-24-23(16-20)22(18-10-13-21(27-4)14-11-18)17-25(28-24)19-8-6-5-7-9-19/h5-16,22,25H,17H2,1-4H3/t22-,25+/m0/s1. The zero-order valence-electron chi connectivity index (χ0n) is 17.1. The molecule has 0 bridgehead atoms. The smallest absolute Gasteiger partial charge is 0.125 e. The zero-order valence-corrected chi connectivity index (χ0v) is 17.1. The van der Waals surface area contributed by atoms with Gasteiger partial charge in [0.25, 0.3) is 0 Å². The lowest BCUT2D eigenvalue weighted by Gasteiger charge is -2.34. The SMILES string of the molecule is COc1ccc([C@@H]2C[C@H](c3ccccc3)Oc3ccc(C(C)(C)C)cc32)cc1. The van der Waals surface area contributed by atoms with Crippen molar-refractivity contribution in [3.63, 3.8) is 0 Å². The van der Waals surface area contributed by atoms with Gasteiger partial charge in [-0.05, 0) is 46.7 Å². The van der Waals surface area contributed by atoms with Crippen LogP contribution >= 0.6 is 0 Å². The van der Waals surface area contributed by atoms with E-state index in [1.807, 2.05) is 0 Å². The Balaban J connectivity index is 1.79. The van der Waals surface area contributed by atoms with Gasteiger partial charge in [0.15, 0.2) is 0 Å². The second-order valence-electron chi connectivity index (χ2n) is 8.58. The predicted octanol–water partition coefficient (Wildman–Crippen LogP) is 6.65. The topological polar surface area (TPSA) is 18.5 Å². The number of fused-ring (bicyclic) bond motifs is 1. The van der Waals surface area contributed by atoms with Crippen LogP contribution in [0.4, 0.5) is 0 Å². The maximum atomic E-state index is 6.46. The molecule has 3 aromatic carbocycles. The van der Waals surface area contributed by atoms with Crippen LogP contribution in [0.2, 0.25) is 0 Å². The van der Waals surface area contributed by atoms with Gasteiger partial charge in [-0.2, -0.15) is 0 Å². The molecule has 0 unspecified atom stereocenters. The Morgan fingerprint density at radius 2 is 1.57 bits per heavy atom. The Kier molecular flexibility index (Phi) is 4.89. The van der Waals surface area contributed by atoms with Gasteiger partial charge in [-0.1, -0.05) is 75.4 Å². The van der Waals surface area contributed by atoms with E-state index < -0.39 is 0 Å². The van der Waals surface area contributed by atoms with Crippen LogP contribution in [0.1, 0.15) is 61.5 Å². The quantitative estimate of drug-likeness (QED) is 0.512. The van der Waals surface area contributed by atoms with Crippen molar-refractivity contribution in [1.82, 2.24) is 0 Å². The summed E-state index contributed by atoms with van der Waals surface area (Å²) in [5, 5.41) is 0. The minimum absolute atomic E-state index is 0.0567. The van der Waals surface area contributed by atoms with E-state index in [1.165, 1.54) is 22.3 Å².